The molecule has 0 spiro atoms. The van der Waals surface area contributed by atoms with Crippen LogP contribution in [0.5, 0.6) is 0 Å². The third kappa shape index (κ3) is 1.48. The summed E-state index contributed by atoms with van der Waals surface area (Å²) in [5.41, 5.74) is 6.69. The summed E-state index contributed by atoms with van der Waals surface area (Å²) < 4.78 is 1.68. The van der Waals surface area contributed by atoms with E-state index in [4.69, 9.17) is 5.73 Å². The molecule has 0 atom stereocenters. The molecule has 0 saturated heterocycles. The number of pyridine rings is 1. The summed E-state index contributed by atoms with van der Waals surface area (Å²) in [6, 6.07) is 3.25. The van der Waals surface area contributed by atoms with E-state index in [9.17, 15) is 10.1 Å². The standard InChI is InChI=1S/C10H12N4O2/c1-6(2)9-12-10(14(15)16)8-4-3-7(11)5-13(8)9/h3-6H,11H2,1-2H3. The summed E-state index contributed by atoms with van der Waals surface area (Å²) in [6.07, 6.45) is 1.66. The maximum Gasteiger partial charge on any atom is 0.389 e. The Morgan fingerprint density at radius 2 is 2.19 bits per heavy atom. The van der Waals surface area contributed by atoms with Gasteiger partial charge in [-0.1, -0.05) is 13.8 Å². The van der Waals surface area contributed by atoms with Gasteiger partial charge in [0, 0.05) is 17.8 Å². The summed E-state index contributed by atoms with van der Waals surface area (Å²) in [5, 5.41) is 10.8. The summed E-state index contributed by atoms with van der Waals surface area (Å²) in [7, 11) is 0. The first-order chi connectivity index (χ1) is 7.50. The Kier molecular flexibility index (Phi) is 2.26. The maximum absolute atomic E-state index is 10.8. The highest BCUT2D eigenvalue weighted by Crippen LogP contribution is 2.25. The molecular weight excluding hydrogens is 208 g/mol. The number of aromatic nitrogens is 2. The fourth-order valence-electron chi connectivity index (χ4n) is 1.65. The normalized spacial score (nSPS) is 11.2. The van der Waals surface area contributed by atoms with Crippen molar-refractivity contribution >= 4 is 17.0 Å². The van der Waals surface area contributed by atoms with Crippen LogP contribution in [0.25, 0.3) is 5.52 Å². The van der Waals surface area contributed by atoms with E-state index in [1.54, 1.807) is 22.7 Å². The van der Waals surface area contributed by atoms with Crippen LogP contribution in [0.3, 0.4) is 0 Å². The summed E-state index contributed by atoms with van der Waals surface area (Å²) >= 11 is 0. The average Bonchev–Trinajstić information content (AvgIpc) is 2.56. The highest BCUT2D eigenvalue weighted by Gasteiger charge is 2.23. The molecule has 2 rings (SSSR count). The minimum Gasteiger partial charge on any atom is -0.398 e. The first-order valence-electron chi connectivity index (χ1n) is 4.92. The van der Waals surface area contributed by atoms with Crippen LogP contribution in [0, 0.1) is 10.1 Å². The first kappa shape index (κ1) is 10.4. The number of nitrogens with two attached hydrogens (primary N) is 1. The van der Waals surface area contributed by atoms with Crippen molar-refractivity contribution < 1.29 is 4.92 Å². The topological polar surface area (TPSA) is 86.5 Å². The molecule has 84 valence electrons. The van der Waals surface area contributed by atoms with Crippen molar-refractivity contribution in [3.8, 4) is 0 Å². The van der Waals surface area contributed by atoms with Gasteiger partial charge in [-0.3, -0.25) is 4.40 Å². The quantitative estimate of drug-likeness (QED) is 0.619. The fraction of sp³-hybridized carbons (Fsp3) is 0.300. The Hall–Kier alpha value is -2.11. The van der Waals surface area contributed by atoms with Gasteiger partial charge in [0.15, 0.2) is 0 Å². The van der Waals surface area contributed by atoms with Gasteiger partial charge in [-0.2, -0.15) is 0 Å². The van der Waals surface area contributed by atoms with Crippen LogP contribution in [0.2, 0.25) is 0 Å². The Morgan fingerprint density at radius 1 is 1.50 bits per heavy atom. The lowest BCUT2D eigenvalue weighted by molar-refractivity contribution is -0.387. The monoisotopic (exact) mass is 220 g/mol. The number of fused-ring (bicyclic) bond motifs is 1. The number of hydrogen-bond donors (Lipinski definition) is 1. The molecule has 0 aromatic carbocycles. The number of nitrogen functional groups attached to an aromatic ring is 1. The highest BCUT2D eigenvalue weighted by molar-refractivity contribution is 5.65. The number of imidazole rings is 1. The molecule has 2 heterocycles. The predicted molar refractivity (Wildman–Crippen MR) is 60.3 cm³/mol. The van der Waals surface area contributed by atoms with Crippen LogP contribution in [0.4, 0.5) is 11.5 Å². The molecule has 0 aliphatic rings. The van der Waals surface area contributed by atoms with Crippen LogP contribution in [-0.2, 0) is 0 Å². The van der Waals surface area contributed by atoms with Crippen molar-refractivity contribution in [3.05, 3.63) is 34.3 Å². The summed E-state index contributed by atoms with van der Waals surface area (Å²) in [4.78, 5) is 14.4. The van der Waals surface area contributed by atoms with E-state index in [1.165, 1.54) is 0 Å². The van der Waals surface area contributed by atoms with Crippen LogP contribution >= 0.6 is 0 Å². The molecule has 6 heteroatoms. The van der Waals surface area contributed by atoms with Gasteiger partial charge in [-0.15, -0.1) is 0 Å². The molecule has 0 aliphatic carbocycles. The molecule has 0 saturated carbocycles. The molecule has 2 N–H and O–H groups in total. The Morgan fingerprint density at radius 3 is 2.75 bits per heavy atom. The van der Waals surface area contributed by atoms with Crippen molar-refractivity contribution in [1.29, 1.82) is 0 Å². The van der Waals surface area contributed by atoms with Gasteiger partial charge in [-0.25, -0.2) is 0 Å². The van der Waals surface area contributed by atoms with Gasteiger partial charge >= 0.3 is 5.82 Å². The zero-order chi connectivity index (χ0) is 11.9. The lowest BCUT2D eigenvalue weighted by Gasteiger charge is -2.00. The van der Waals surface area contributed by atoms with Gasteiger partial charge in [0.05, 0.1) is 0 Å². The van der Waals surface area contributed by atoms with E-state index in [0.717, 1.165) is 0 Å². The SMILES string of the molecule is CC(C)c1nc([N+](=O)[O-])c2ccc(N)cn12. The Labute approximate surface area is 91.9 Å². The third-order valence-electron chi connectivity index (χ3n) is 2.36. The molecule has 0 amide bonds. The zero-order valence-electron chi connectivity index (χ0n) is 9.04. The molecule has 2 aromatic heterocycles. The smallest absolute Gasteiger partial charge is 0.389 e. The molecule has 0 aliphatic heterocycles. The second-order valence-corrected chi connectivity index (χ2v) is 3.92. The minimum atomic E-state index is -0.475. The lowest BCUT2D eigenvalue weighted by Crippen LogP contribution is -1.98. The molecule has 0 bridgehead atoms. The van der Waals surface area contributed by atoms with Gasteiger partial charge in [0.25, 0.3) is 0 Å². The molecule has 0 unspecified atom stereocenters. The van der Waals surface area contributed by atoms with Crippen LogP contribution in [0.1, 0.15) is 25.6 Å². The summed E-state index contributed by atoms with van der Waals surface area (Å²) in [6.45, 7) is 3.86. The van der Waals surface area contributed by atoms with Crippen molar-refractivity contribution in [1.82, 2.24) is 9.38 Å². The lowest BCUT2D eigenvalue weighted by atomic mass is 10.2. The van der Waals surface area contributed by atoms with E-state index < -0.39 is 4.92 Å². The molecule has 2 aromatic rings. The van der Waals surface area contributed by atoms with Crippen molar-refractivity contribution in [2.24, 2.45) is 0 Å². The van der Waals surface area contributed by atoms with Gasteiger partial charge in [0.2, 0.25) is 5.82 Å². The second-order valence-electron chi connectivity index (χ2n) is 3.92. The van der Waals surface area contributed by atoms with Crippen molar-refractivity contribution in [2.45, 2.75) is 19.8 Å². The Balaban J connectivity index is 2.81. The van der Waals surface area contributed by atoms with Crippen LogP contribution in [-0.4, -0.2) is 14.3 Å². The van der Waals surface area contributed by atoms with Crippen LogP contribution in [0.15, 0.2) is 18.3 Å². The fourth-order valence-corrected chi connectivity index (χ4v) is 1.65. The molecule has 0 fully saturated rings. The predicted octanol–water partition coefficient (Wildman–Crippen LogP) is 1.95. The molecule has 6 nitrogen and oxygen atoms in total. The van der Waals surface area contributed by atoms with Gasteiger partial charge in [0.1, 0.15) is 5.52 Å². The minimum absolute atomic E-state index is 0.1000. The van der Waals surface area contributed by atoms with Crippen LogP contribution < -0.4 is 5.73 Å². The van der Waals surface area contributed by atoms with E-state index in [0.29, 0.717) is 17.0 Å². The highest BCUT2D eigenvalue weighted by atomic mass is 16.6. The number of nitro groups is 1. The molecule has 16 heavy (non-hydrogen) atoms. The summed E-state index contributed by atoms with van der Waals surface area (Å²) in [5.74, 6) is 0.626. The van der Waals surface area contributed by atoms with E-state index in [-0.39, 0.29) is 11.7 Å². The van der Waals surface area contributed by atoms with E-state index in [1.807, 2.05) is 13.8 Å². The first-order valence-corrected chi connectivity index (χ1v) is 4.92. The van der Waals surface area contributed by atoms with Crippen molar-refractivity contribution in [3.63, 3.8) is 0 Å². The van der Waals surface area contributed by atoms with Crippen molar-refractivity contribution in [2.75, 3.05) is 5.73 Å². The third-order valence-corrected chi connectivity index (χ3v) is 2.36. The second kappa shape index (κ2) is 3.48. The Bertz CT molecular complexity index is 559. The average molecular weight is 220 g/mol. The number of hydrogen-bond acceptors (Lipinski definition) is 4. The van der Waals surface area contributed by atoms with Gasteiger partial charge in [-0.05, 0) is 22.0 Å². The number of nitrogens with zero attached hydrogens (tertiary/aromatic N) is 3. The molecular formula is C10H12N4O2. The van der Waals surface area contributed by atoms with E-state index >= 15 is 0 Å². The number of anilines is 1. The van der Waals surface area contributed by atoms with Gasteiger partial charge < -0.3 is 15.8 Å². The van der Waals surface area contributed by atoms with E-state index in [2.05, 4.69) is 4.98 Å². The largest absolute Gasteiger partial charge is 0.398 e. The zero-order valence-corrected chi connectivity index (χ0v) is 9.04. The molecule has 0 radical (unpaired) electrons. The maximum atomic E-state index is 10.8. The number of rotatable bonds is 2.